The lowest BCUT2D eigenvalue weighted by Gasteiger charge is -2.22. The van der Waals surface area contributed by atoms with Crippen molar-refractivity contribution in [3.63, 3.8) is 0 Å². The topological polar surface area (TPSA) is 66.5 Å². The molecular weight excluding hydrogens is 300 g/mol. The molecule has 1 atom stereocenters. The van der Waals surface area contributed by atoms with E-state index in [1.807, 2.05) is 19.1 Å². The van der Waals surface area contributed by atoms with Crippen LogP contribution in [0.5, 0.6) is 0 Å². The molecule has 1 amide bonds. The molecule has 0 bridgehead atoms. The van der Waals surface area contributed by atoms with E-state index < -0.39 is 16.1 Å². The van der Waals surface area contributed by atoms with Crippen LogP contribution in [0.1, 0.15) is 36.5 Å². The van der Waals surface area contributed by atoms with Crippen LogP contribution in [0, 0.1) is 20.8 Å². The van der Waals surface area contributed by atoms with Gasteiger partial charge >= 0.3 is 0 Å². The highest BCUT2D eigenvalue weighted by molar-refractivity contribution is 7.89. The predicted molar refractivity (Wildman–Crippen MR) is 86.3 cm³/mol. The van der Waals surface area contributed by atoms with E-state index in [4.69, 9.17) is 0 Å². The van der Waals surface area contributed by atoms with Crippen LogP contribution in [0.2, 0.25) is 0 Å². The van der Waals surface area contributed by atoms with Gasteiger partial charge in [0.1, 0.15) is 0 Å². The Labute approximate surface area is 132 Å². The number of amides is 1. The molecule has 0 spiro atoms. The molecule has 5 nitrogen and oxygen atoms in total. The van der Waals surface area contributed by atoms with Crippen molar-refractivity contribution >= 4 is 15.9 Å². The van der Waals surface area contributed by atoms with Crippen LogP contribution in [0.4, 0.5) is 0 Å². The molecule has 1 saturated heterocycles. The van der Waals surface area contributed by atoms with Gasteiger partial charge in [-0.1, -0.05) is 17.7 Å². The second kappa shape index (κ2) is 6.38. The standard InChI is InChI=1S/C16H24N2O3S/c1-11-9-12(2)15(13(3)10-11)22(20,21)17-14(4)16(19)18-7-5-6-8-18/h9-10,14,17H,5-8H2,1-4H3/t14-/m0/s1. The average Bonchev–Trinajstić information content (AvgIpc) is 2.88. The molecule has 2 rings (SSSR count). The summed E-state index contributed by atoms with van der Waals surface area (Å²) in [7, 11) is -3.71. The molecular formula is C16H24N2O3S. The quantitative estimate of drug-likeness (QED) is 0.920. The highest BCUT2D eigenvalue weighted by Gasteiger charge is 2.28. The lowest BCUT2D eigenvalue weighted by atomic mass is 10.1. The van der Waals surface area contributed by atoms with Crippen molar-refractivity contribution in [2.45, 2.75) is 51.5 Å². The van der Waals surface area contributed by atoms with Crippen LogP contribution in [-0.4, -0.2) is 38.4 Å². The minimum absolute atomic E-state index is 0.150. The van der Waals surface area contributed by atoms with Crippen molar-refractivity contribution in [1.29, 1.82) is 0 Å². The Morgan fingerprint density at radius 3 is 2.14 bits per heavy atom. The third-order valence-corrected chi connectivity index (χ3v) is 5.84. The van der Waals surface area contributed by atoms with Crippen molar-refractivity contribution < 1.29 is 13.2 Å². The molecule has 1 N–H and O–H groups in total. The number of rotatable bonds is 4. The maximum absolute atomic E-state index is 12.6. The molecule has 0 radical (unpaired) electrons. The summed E-state index contributed by atoms with van der Waals surface area (Å²) in [6, 6.07) is 2.94. The molecule has 0 saturated carbocycles. The molecule has 1 aromatic rings. The van der Waals surface area contributed by atoms with E-state index in [0.29, 0.717) is 24.2 Å². The van der Waals surface area contributed by atoms with Crippen LogP contribution in [0.15, 0.2) is 17.0 Å². The number of likely N-dealkylation sites (tertiary alicyclic amines) is 1. The summed E-state index contributed by atoms with van der Waals surface area (Å²) in [4.78, 5) is 14.3. The third kappa shape index (κ3) is 3.50. The van der Waals surface area contributed by atoms with Crippen molar-refractivity contribution in [1.82, 2.24) is 9.62 Å². The van der Waals surface area contributed by atoms with Crippen LogP contribution in [0.25, 0.3) is 0 Å². The van der Waals surface area contributed by atoms with E-state index >= 15 is 0 Å². The number of nitrogens with one attached hydrogen (secondary N) is 1. The van der Waals surface area contributed by atoms with Crippen LogP contribution in [0.3, 0.4) is 0 Å². The number of benzene rings is 1. The predicted octanol–water partition coefficient (Wildman–Crippen LogP) is 1.90. The van der Waals surface area contributed by atoms with Gasteiger partial charge in [0.05, 0.1) is 10.9 Å². The summed E-state index contributed by atoms with van der Waals surface area (Å²) in [5.74, 6) is -0.150. The molecule has 0 aromatic heterocycles. The minimum atomic E-state index is -3.71. The van der Waals surface area contributed by atoms with E-state index in [9.17, 15) is 13.2 Å². The van der Waals surface area contributed by atoms with Gasteiger partial charge in [-0.3, -0.25) is 4.79 Å². The Bertz CT molecular complexity index is 654. The van der Waals surface area contributed by atoms with Crippen LogP contribution < -0.4 is 4.72 Å². The summed E-state index contributed by atoms with van der Waals surface area (Å²) in [5, 5.41) is 0. The number of carbonyl (C=O) groups excluding carboxylic acids is 1. The Balaban J connectivity index is 2.22. The lowest BCUT2D eigenvalue weighted by molar-refractivity contribution is -0.131. The zero-order valence-electron chi connectivity index (χ0n) is 13.6. The van der Waals surface area contributed by atoms with E-state index in [0.717, 1.165) is 18.4 Å². The molecule has 6 heteroatoms. The van der Waals surface area contributed by atoms with E-state index in [1.165, 1.54) is 0 Å². The molecule has 1 aliphatic rings. The molecule has 22 heavy (non-hydrogen) atoms. The highest BCUT2D eigenvalue weighted by atomic mass is 32.2. The van der Waals surface area contributed by atoms with E-state index in [2.05, 4.69) is 4.72 Å². The number of aryl methyl sites for hydroxylation is 3. The average molecular weight is 324 g/mol. The zero-order valence-corrected chi connectivity index (χ0v) is 14.5. The summed E-state index contributed by atoms with van der Waals surface area (Å²) in [6.07, 6.45) is 1.97. The van der Waals surface area contributed by atoms with Crippen molar-refractivity contribution in [3.8, 4) is 0 Å². The molecule has 0 unspecified atom stereocenters. The first-order chi connectivity index (χ1) is 10.2. The van der Waals surface area contributed by atoms with E-state index in [1.54, 1.807) is 25.7 Å². The van der Waals surface area contributed by atoms with Gasteiger partial charge in [-0.2, -0.15) is 4.72 Å². The molecule has 1 heterocycles. The fraction of sp³-hybridized carbons (Fsp3) is 0.562. The van der Waals surface area contributed by atoms with Gasteiger partial charge in [0, 0.05) is 13.1 Å². The largest absolute Gasteiger partial charge is 0.341 e. The fourth-order valence-corrected chi connectivity index (χ4v) is 4.79. The van der Waals surface area contributed by atoms with E-state index in [-0.39, 0.29) is 10.8 Å². The Kier molecular flexibility index (Phi) is 4.92. The number of hydrogen-bond acceptors (Lipinski definition) is 3. The highest BCUT2D eigenvalue weighted by Crippen LogP contribution is 2.22. The van der Waals surface area contributed by atoms with Crippen molar-refractivity contribution in [3.05, 3.63) is 28.8 Å². The van der Waals surface area contributed by atoms with Gasteiger partial charge in [-0.25, -0.2) is 8.42 Å². The molecule has 0 aliphatic carbocycles. The minimum Gasteiger partial charge on any atom is -0.341 e. The monoisotopic (exact) mass is 324 g/mol. The normalized spacial score (nSPS) is 16.8. The SMILES string of the molecule is Cc1cc(C)c(S(=O)(=O)N[C@@H](C)C(=O)N2CCCC2)c(C)c1. The van der Waals surface area contributed by atoms with Crippen LogP contribution in [-0.2, 0) is 14.8 Å². The molecule has 1 fully saturated rings. The molecule has 122 valence electrons. The third-order valence-electron chi connectivity index (χ3n) is 3.99. The Hall–Kier alpha value is -1.40. The van der Waals surface area contributed by atoms with Gasteiger partial charge in [-0.05, 0) is 51.7 Å². The van der Waals surface area contributed by atoms with Crippen molar-refractivity contribution in [2.24, 2.45) is 0 Å². The van der Waals surface area contributed by atoms with Crippen LogP contribution >= 0.6 is 0 Å². The van der Waals surface area contributed by atoms with Crippen molar-refractivity contribution in [2.75, 3.05) is 13.1 Å². The van der Waals surface area contributed by atoms with Gasteiger partial charge in [0.15, 0.2) is 0 Å². The first-order valence-electron chi connectivity index (χ1n) is 7.61. The summed E-state index contributed by atoms with van der Waals surface area (Å²) in [6.45, 7) is 8.53. The summed E-state index contributed by atoms with van der Waals surface area (Å²) < 4.78 is 27.8. The lowest BCUT2D eigenvalue weighted by Crippen LogP contribution is -2.46. The first-order valence-corrected chi connectivity index (χ1v) is 9.09. The summed E-state index contributed by atoms with van der Waals surface area (Å²) >= 11 is 0. The molecule has 1 aromatic carbocycles. The second-order valence-electron chi connectivity index (χ2n) is 6.10. The van der Waals surface area contributed by atoms with Gasteiger partial charge in [0.25, 0.3) is 0 Å². The Morgan fingerprint density at radius 1 is 1.14 bits per heavy atom. The summed E-state index contributed by atoms with van der Waals surface area (Å²) in [5.41, 5.74) is 2.42. The second-order valence-corrected chi connectivity index (χ2v) is 7.75. The van der Waals surface area contributed by atoms with Gasteiger partial charge in [0.2, 0.25) is 15.9 Å². The smallest absolute Gasteiger partial charge is 0.241 e. The first kappa shape index (κ1) is 17.0. The number of carbonyl (C=O) groups is 1. The Morgan fingerprint density at radius 2 is 1.64 bits per heavy atom. The zero-order chi connectivity index (χ0) is 16.5. The van der Waals surface area contributed by atoms with Gasteiger partial charge < -0.3 is 4.90 Å². The maximum Gasteiger partial charge on any atom is 0.241 e. The number of sulfonamides is 1. The number of hydrogen-bond donors (Lipinski definition) is 1. The molecule has 1 aliphatic heterocycles. The van der Waals surface area contributed by atoms with Gasteiger partial charge in [-0.15, -0.1) is 0 Å². The maximum atomic E-state index is 12.6. The number of nitrogens with zero attached hydrogens (tertiary/aromatic N) is 1. The fourth-order valence-electron chi connectivity index (χ4n) is 3.14.